The van der Waals surface area contributed by atoms with Gasteiger partial charge in [-0.25, -0.2) is 0 Å². The molecule has 4 nitrogen and oxygen atoms in total. The minimum atomic E-state index is 0.223. The fraction of sp³-hybridized carbons (Fsp3) is 0.923. The van der Waals surface area contributed by atoms with Gasteiger partial charge < -0.3 is 15.5 Å². The van der Waals surface area contributed by atoms with Crippen molar-refractivity contribution >= 4 is 5.91 Å². The molecule has 98 valence electrons. The molecule has 4 heteroatoms. The molecule has 1 saturated carbocycles. The first-order valence-corrected chi connectivity index (χ1v) is 6.92. The predicted octanol–water partition coefficient (Wildman–Crippen LogP) is 0.587. The van der Waals surface area contributed by atoms with Gasteiger partial charge in [0.1, 0.15) is 0 Å². The molecule has 2 fully saturated rings. The molecule has 1 aliphatic heterocycles. The van der Waals surface area contributed by atoms with E-state index in [1.807, 2.05) is 0 Å². The van der Waals surface area contributed by atoms with E-state index < -0.39 is 0 Å². The Morgan fingerprint density at radius 1 is 1.41 bits per heavy atom. The Hall–Kier alpha value is -0.610. The zero-order chi connectivity index (χ0) is 12.1. The summed E-state index contributed by atoms with van der Waals surface area (Å²) in [6, 6.07) is 0.496. The van der Waals surface area contributed by atoms with Gasteiger partial charge in [-0.05, 0) is 51.7 Å². The molecule has 1 aliphatic carbocycles. The van der Waals surface area contributed by atoms with Crippen molar-refractivity contribution in [2.75, 3.05) is 33.2 Å². The number of carbonyl (C=O) groups is 1. The number of piperidine rings is 1. The Bertz CT molecular complexity index is 247. The monoisotopic (exact) mass is 239 g/mol. The number of amides is 1. The molecule has 0 aromatic carbocycles. The molecule has 0 spiro atoms. The molecule has 1 atom stereocenters. The lowest BCUT2D eigenvalue weighted by molar-refractivity contribution is -0.121. The standard InChI is InChI=1S/C13H25N3O/c1-16(10-11-3-2-7-14-9-11)8-6-13(17)15-12-4-5-12/h11-12,14H,2-10H2,1H3,(H,15,17). The van der Waals surface area contributed by atoms with Crippen LogP contribution in [0, 0.1) is 5.92 Å². The van der Waals surface area contributed by atoms with Crippen molar-refractivity contribution in [2.45, 2.75) is 38.1 Å². The summed E-state index contributed by atoms with van der Waals surface area (Å²) in [5, 5.41) is 6.47. The zero-order valence-electron chi connectivity index (χ0n) is 10.9. The van der Waals surface area contributed by atoms with Gasteiger partial charge in [0, 0.05) is 25.6 Å². The van der Waals surface area contributed by atoms with E-state index in [0.29, 0.717) is 12.5 Å². The smallest absolute Gasteiger partial charge is 0.221 e. The first kappa shape index (κ1) is 12.8. The van der Waals surface area contributed by atoms with E-state index in [1.54, 1.807) is 0 Å². The van der Waals surface area contributed by atoms with Crippen LogP contribution in [0.4, 0.5) is 0 Å². The van der Waals surface area contributed by atoms with Crippen LogP contribution in [-0.2, 0) is 4.79 Å². The molecule has 2 rings (SSSR count). The molecule has 1 heterocycles. The van der Waals surface area contributed by atoms with Crippen LogP contribution in [0.2, 0.25) is 0 Å². The van der Waals surface area contributed by atoms with E-state index in [-0.39, 0.29) is 5.91 Å². The van der Waals surface area contributed by atoms with Gasteiger partial charge in [0.05, 0.1) is 0 Å². The van der Waals surface area contributed by atoms with Crippen LogP contribution in [0.25, 0.3) is 0 Å². The van der Waals surface area contributed by atoms with Gasteiger partial charge in [0.2, 0.25) is 5.91 Å². The molecule has 1 unspecified atom stereocenters. The Balaban J connectivity index is 1.55. The Kier molecular flexibility index (Phi) is 4.80. The maximum atomic E-state index is 11.5. The fourth-order valence-electron chi connectivity index (χ4n) is 2.43. The highest BCUT2D eigenvalue weighted by molar-refractivity contribution is 5.76. The van der Waals surface area contributed by atoms with Crippen molar-refractivity contribution in [3.63, 3.8) is 0 Å². The van der Waals surface area contributed by atoms with Crippen molar-refractivity contribution in [3.8, 4) is 0 Å². The molecule has 0 radical (unpaired) electrons. The Morgan fingerprint density at radius 2 is 2.24 bits per heavy atom. The van der Waals surface area contributed by atoms with Crippen molar-refractivity contribution in [3.05, 3.63) is 0 Å². The van der Waals surface area contributed by atoms with E-state index in [2.05, 4.69) is 22.6 Å². The van der Waals surface area contributed by atoms with E-state index >= 15 is 0 Å². The summed E-state index contributed by atoms with van der Waals surface area (Å²) >= 11 is 0. The lowest BCUT2D eigenvalue weighted by Gasteiger charge is -2.27. The maximum Gasteiger partial charge on any atom is 0.221 e. The number of nitrogens with zero attached hydrogens (tertiary/aromatic N) is 1. The van der Waals surface area contributed by atoms with E-state index in [9.17, 15) is 4.79 Å². The third-order valence-electron chi connectivity index (χ3n) is 3.63. The summed E-state index contributed by atoms with van der Waals surface area (Å²) in [7, 11) is 2.12. The lowest BCUT2D eigenvalue weighted by atomic mass is 9.99. The second-order valence-electron chi connectivity index (χ2n) is 5.57. The molecule has 1 saturated heterocycles. The van der Waals surface area contributed by atoms with Gasteiger partial charge in [0.15, 0.2) is 0 Å². The van der Waals surface area contributed by atoms with Crippen molar-refractivity contribution in [1.82, 2.24) is 15.5 Å². The first-order chi connectivity index (χ1) is 8.24. The molecule has 2 aliphatic rings. The van der Waals surface area contributed by atoms with Crippen LogP contribution in [0.1, 0.15) is 32.1 Å². The van der Waals surface area contributed by atoms with Crippen LogP contribution in [0.15, 0.2) is 0 Å². The normalized spacial score (nSPS) is 24.9. The van der Waals surface area contributed by atoms with Crippen LogP contribution >= 0.6 is 0 Å². The van der Waals surface area contributed by atoms with Gasteiger partial charge in [-0.2, -0.15) is 0 Å². The number of hydrogen-bond donors (Lipinski definition) is 2. The van der Waals surface area contributed by atoms with E-state index in [0.717, 1.165) is 25.6 Å². The molecule has 1 amide bonds. The summed E-state index contributed by atoms with van der Waals surface area (Å²) in [5.41, 5.74) is 0. The van der Waals surface area contributed by atoms with Gasteiger partial charge in [-0.3, -0.25) is 4.79 Å². The van der Waals surface area contributed by atoms with Crippen molar-refractivity contribution in [2.24, 2.45) is 5.92 Å². The Labute approximate surface area is 104 Å². The highest BCUT2D eigenvalue weighted by Gasteiger charge is 2.23. The molecule has 0 bridgehead atoms. The highest BCUT2D eigenvalue weighted by atomic mass is 16.1. The molecular weight excluding hydrogens is 214 g/mol. The molecule has 0 aromatic rings. The molecule has 2 N–H and O–H groups in total. The highest BCUT2D eigenvalue weighted by Crippen LogP contribution is 2.18. The summed E-state index contributed by atoms with van der Waals surface area (Å²) in [6.07, 6.45) is 5.62. The number of carbonyl (C=O) groups excluding carboxylic acids is 1. The van der Waals surface area contributed by atoms with Crippen LogP contribution in [0.5, 0.6) is 0 Å². The topological polar surface area (TPSA) is 44.4 Å². The van der Waals surface area contributed by atoms with E-state index in [1.165, 1.54) is 32.2 Å². The fourth-order valence-corrected chi connectivity index (χ4v) is 2.43. The number of nitrogens with one attached hydrogen (secondary N) is 2. The number of hydrogen-bond acceptors (Lipinski definition) is 3. The Morgan fingerprint density at radius 3 is 2.88 bits per heavy atom. The quantitative estimate of drug-likeness (QED) is 0.713. The third kappa shape index (κ3) is 5.04. The predicted molar refractivity (Wildman–Crippen MR) is 68.9 cm³/mol. The van der Waals surface area contributed by atoms with Crippen LogP contribution in [-0.4, -0.2) is 50.1 Å². The minimum Gasteiger partial charge on any atom is -0.353 e. The van der Waals surface area contributed by atoms with Gasteiger partial charge >= 0.3 is 0 Å². The van der Waals surface area contributed by atoms with E-state index in [4.69, 9.17) is 0 Å². The third-order valence-corrected chi connectivity index (χ3v) is 3.63. The lowest BCUT2D eigenvalue weighted by Crippen LogP contribution is -2.38. The zero-order valence-corrected chi connectivity index (χ0v) is 10.9. The molecular formula is C13H25N3O. The largest absolute Gasteiger partial charge is 0.353 e. The second-order valence-corrected chi connectivity index (χ2v) is 5.57. The van der Waals surface area contributed by atoms with Crippen LogP contribution in [0.3, 0.4) is 0 Å². The van der Waals surface area contributed by atoms with Gasteiger partial charge in [0.25, 0.3) is 0 Å². The average Bonchev–Trinajstić information content (AvgIpc) is 3.12. The van der Waals surface area contributed by atoms with Gasteiger partial charge in [-0.15, -0.1) is 0 Å². The molecule has 0 aromatic heterocycles. The molecule has 17 heavy (non-hydrogen) atoms. The van der Waals surface area contributed by atoms with Crippen molar-refractivity contribution < 1.29 is 4.79 Å². The first-order valence-electron chi connectivity index (χ1n) is 6.92. The summed E-state index contributed by atoms with van der Waals surface area (Å²) in [6.45, 7) is 4.31. The minimum absolute atomic E-state index is 0.223. The SMILES string of the molecule is CN(CCC(=O)NC1CC1)CC1CCCNC1. The summed E-state index contributed by atoms with van der Waals surface area (Å²) in [4.78, 5) is 13.8. The number of rotatable bonds is 6. The second kappa shape index (κ2) is 6.36. The van der Waals surface area contributed by atoms with Crippen LogP contribution < -0.4 is 10.6 Å². The van der Waals surface area contributed by atoms with Crippen molar-refractivity contribution in [1.29, 1.82) is 0 Å². The van der Waals surface area contributed by atoms with Gasteiger partial charge in [-0.1, -0.05) is 0 Å². The summed E-state index contributed by atoms with van der Waals surface area (Å²) in [5.74, 6) is 0.987. The summed E-state index contributed by atoms with van der Waals surface area (Å²) < 4.78 is 0. The maximum absolute atomic E-state index is 11.5. The average molecular weight is 239 g/mol.